The molecule has 112 valence electrons. The maximum atomic E-state index is 9.53. The van der Waals surface area contributed by atoms with Gasteiger partial charge >= 0.3 is 0 Å². The highest BCUT2D eigenvalue weighted by atomic mass is 35.5. The van der Waals surface area contributed by atoms with Crippen LogP contribution in [0.4, 0.5) is 0 Å². The Morgan fingerprint density at radius 1 is 1.14 bits per heavy atom. The summed E-state index contributed by atoms with van der Waals surface area (Å²) in [6.45, 7) is 1.85. The summed E-state index contributed by atoms with van der Waals surface area (Å²) in [7, 11) is 0. The molecule has 0 atom stereocenters. The van der Waals surface area contributed by atoms with Crippen molar-refractivity contribution in [2.75, 3.05) is 0 Å². The van der Waals surface area contributed by atoms with Gasteiger partial charge in [0, 0.05) is 11.4 Å². The lowest BCUT2D eigenvalue weighted by molar-refractivity contribution is 0.275. The molecule has 3 aromatic rings. The third-order valence-corrected chi connectivity index (χ3v) is 3.83. The number of aliphatic hydroxyl groups excluding tert-OH is 1. The van der Waals surface area contributed by atoms with Crippen LogP contribution in [0.5, 0.6) is 0 Å². The number of nitrogens with zero attached hydrogens (tertiary/aromatic N) is 3. The van der Waals surface area contributed by atoms with Crippen molar-refractivity contribution < 1.29 is 5.11 Å². The first-order chi connectivity index (χ1) is 10.7. The van der Waals surface area contributed by atoms with E-state index in [-0.39, 0.29) is 6.61 Å². The van der Waals surface area contributed by atoms with Crippen LogP contribution in [-0.2, 0) is 13.0 Å². The fourth-order valence-corrected chi connectivity index (χ4v) is 2.70. The second-order valence-electron chi connectivity index (χ2n) is 5.15. The van der Waals surface area contributed by atoms with Crippen LogP contribution in [0, 0.1) is 6.92 Å². The Bertz CT molecular complexity index is 784. The molecule has 0 radical (unpaired) electrons. The Morgan fingerprint density at radius 3 is 2.59 bits per heavy atom. The highest BCUT2D eigenvalue weighted by molar-refractivity contribution is 6.30. The molecule has 0 saturated heterocycles. The standard InChI is InChI=1S/C17H16ClN3O/c1-12-9-14(18)7-8-16(12)21-17(15(11-22)19-20-21)10-13-5-3-2-4-6-13/h2-9,22H,10-11H2,1H3. The predicted octanol–water partition coefficient (Wildman–Crippen LogP) is 3.31. The number of rotatable bonds is 4. The molecule has 1 aromatic heterocycles. The second kappa shape index (κ2) is 6.30. The van der Waals surface area contributed by atoms with Crippen LogP contribution in [-0.4, -0.2) is 20.1 Å². The van der Waals surface area contributed by atoms with Gasteiger partial charge in [-0.1, -0.05) is 47.1 Å². The average molecular weight is 314 g/mol. The van der Waals surface area contributed by atoms with E-state index >= 15 is 0 Å². The van der Waals surface area contributed by atoms with Crippen molar-refractivity contribution in [3.8, 4) is 5.69 Å². The lowest BCUT2D eigenvalue weighted by Gasteiger charge is -2.10. The number of aryl methyl sites for hydroxylation is 1. The first-order valence-corrected chi connectivity index (χ1v) is 7.41. The molecule has 0 saturated carbocycles. The van der Waals surface area contributed by atoms with Gasteiger partial charge in [0.15, 0.2) is 0 Å². The van der Waals surface area contributed by atoms with Gasteiger partial charge < -0.3 is 5.11 Å². The van der Waals surface area contributed by atoms with Crippen LogP contribution >= 0.6 is 11.6 Å². The Balaban J connectivity index is 2.07. The maximum absolute atomic E-state index is 9.53. The first-order valence-electron chi connectivity index (χ1n) is 7.04. The quantitative estimate of drug-likeness (QED) is 0.804. The molecule has 0 bridgehead atoms. The molecule has 2 aromatic carbocycles. The summed E-state index contributed by atoms with van der Waals surface area (Å²) >= 11 is 6.02. The topological polar surface area (TPSA) is 50.9 Å². The lowest BCUT2D eigenvalue weighted by Crippen LogP contribution is -2.06. The van der Waals surface area contributed by atoms with E-state index in [0.29, 0.717) is 17.1 Å². The van der Waals surface area contributed by atoms with E-state index in [0.717, 1.165) is 22.5 Å². The Labute approximate surface area is 134 Å². The molecule has 0 amide bonds. The van der Waals surface area contributed by atoms with E-state index < -0.39 is 0 Å². The highest BCUT2D eigenvalue weighted by Crippen LogP contribution is 2.22. The van der Waals surface area contributed by atoms with Gasteiger partial charge in [0.1, 0.15) is 5.69 Å². The molecule has 0 fully saturated rings. The van der Waals surface area contributed by atoms with E-state index in [9.17, 15) is 5.11 Å². The molecule has 4 nitrogen and oxygen atoms in total. The van der Waals surface area contributed by atoms with Crippen molar-refractivity contribution in [3.63, 3.8) is 0 Å². The minimum atomic E-state index is -0.130. The zero-order valence-electron chi connectivity index (χ0n) is 12.2. The molecule has 22 heavy (non-hydrogen) atoms. The number of hydrogen-bond donors (Lipinski definition) is 1. The summed E-state index contributed by atoms with van der Waals surface area (Å²) in [4.78, 5) is 0. The largest absolute Gasteiger partial charge is 0.390 e. The van der Waals surface area contributed by atoms with Gasteiger partial charge in [0.2, 0.25) is 0 Å². The van der Waals surface area contributed by atoms with Crippen molar-refractivity contribution >= 4 is 11.6 Å². The minimum Gasteiger partial charge on any atom is -0.390 e. The average Bonchev–Trinajstić information content (AvgIpc) is 2.91. The number of aliphatic hydroxyl groups is 1. The summed E-state index contributed by atoms with van der Waals surface area (Å²) in [6, 6.07) is 15.7. The third-order valence-electron chi connectivity index (χ3n) is 3.59. The molecule has 5 heteroatoms. The van der Waals surface area contributed by atoms with Crippen molar-refractivity contribution in [2.45, 2.75) is 20.0 Å². The van der Waals surface area contributed by atoms with E-state index in [1.807, 2.05) is 55.5 Å². The molecular weight excluding hydrogens is 298 g/mol. The predicted molar refractivity (Wildman–Crippen MR) is 86.3 cm³/mol. The monoisotopic (exact) mass is 313 g/mol. The third kappa shape index (κ3) is 2.89. The van der Waals surface area contributed by atoms with Gasteiger partial charge in [0.25, 0.3) is 0 Å². The van der Waals surface area contributed by atoms with E-state index in [1.54, 1.807) is 4.68 Å². The van der Waals surface area contributed by atoms with Gasteiger partial charge in [-0.15, -0.1) is 5.10 Å². The SMILES string of the molecule is Cc1cc(Cl)ccc1-n1nnc(CO)c1Cc1ccccc1. The van der Waals surface area contributed by atoms with Gasteiger partial charge in [-0.3, -0.25) is 0 Å². The summed E-state index contributed by atoms with van der Waals surface area (Å²) in [5, 5.41) is 18.5. The van der Waals surface area contributed by atoms with E-state index in [2.05, 4.69) is 10.3 Å². The number of benzene rings is 2. The normalized spacial score (nSPS) is 10.9. The molecule has 0 unspecified atom stereocenters. The molecule has 3 rings (SSSR count). The van der Waals surface area contributed by atoms with Gasteiger partial charge in [-0.05, 0) is 36.2 Å². The van der Waals surface area contributed by atoms with Crippen molar-refractivity contribution in [2.24, 2.45) is 0 Å². The van der Waals surface area contributed by atoms with Crippen LogP contribution in [0.25, 0.3) is 5.69 Å². The molecule has 1 N–H and O–H groups in total. The maximum Gasteiger partial charge on any atom is 0.112 e. The Hall–Kier alpha value is -2.17. The van der Waals surface area contributed by atoms with E-state index in [1.165, 1.54) is 0 Å². The first kappa shape index (κ1) is 14.8. The van der Waals surface area contributed by atoms with Crippen LogP contribution in [0.1, 0.15) is 22.5 Å². The smallest absolute Gasteiger partial charge is 0.112 e. The fraction of sp³-hybridized carbons (Fsp3) is 0.176. The molecule has 0 aliphatic heterocycles. The highest BCUT2D eigenvalue weighted by Gasteiger charge is 2.15. The lowest BCUT2D eigenvalue weighted by atomic mass is 10.1. The Morgan fingerprint density at radius 2 is 1.91 bits per heavy atom. The summed E-state index contributed by atoms with van der Waals surface area (Å²) in [5.41, 5.74) is 4.56. The molecular formula is C17H16ClN3O. The summed E-state index contributed by atoms with van der Waals surface area (Å²) in [6.07, 6.45) is 0.659. The van der Waals surface area contributed by atoms with E-state index in [4.69, 9.17) is 11.6 Å². The van der Waals surface area contributed by atoms with Gasteiger partial charge in [0.05, 0.1) is 18.0 Å². The number of hydrogen-bond acceptors (Lipinski definition) is 3. The summed E-state index contributed by atoms with van der Waals surface area (Å²) < 4.78 is 1.78. The molecule has 1 heterocycles. The summed E-state index contributed by atoms with van der Waals surface area (Å²) in [5.74, 6) is 0. The van der Waals surface area contributed by atoms with Crippen LogP contribution < -0.4 is 0 Å². The van der Waals surface area contributed by atoms with Gasteiger partial charge in [-0.2, -0.15) is 0 Å². The van der Waals surface area contributed by atoms with Crippen molar-refractivity contribution in [3.05, 3.63) is 76.1 Å². The molecule has 0 aliphatic carbocycles. The second-order valence-corrected chi connectivity index (χ2v) is 5.58. The number of halogens is 1. The fourth-order valence-electron chi connectivity index (χ4n) is 2.47. The van der Waals surface area contributed by atoms with Gasteiger partial charge in [-0.25, -0.2) is 4.68 Å². The zero-order chi connectivity index (χ0) is 15.5. The van der Waals surface area contributed by atoms with Crippen LogP contribution in [0.2, 0.25) is 5.02 Å². The van der Waals surface area contributed by atoms with Crippen LogP contribution in [0.15, 0.2) is 48.5 Å². The molecule has 0 aliphatic rings. The minimum absolute atomic E-state index is 0.130. The number of aromatic nitrogens is 3. The molecule has 0 spiro atoms. The van der Waals surface area contributed by atoms with Crippen LogP contribution in [0.3, 0.4) is 0 Å². The zero-order valence-corrected chi connectivity index (χ0v) is 13.0. The Kier molecular flexibility index (Phi) is 4.22. The van der Waals surface area contributed by atoms with Crippen molar-refractivity contribution in [1.29, 1.82) is 0 Å². The van der Waals surface area contributed by atoms with Crippen molar-refractivity contribution in [1.82, 2.24) is 15.0 Å².